The summed E-state index contributed by atoms with van der Waals surface area (Å²) in [4.78, 5) is 38.8. The highest BCUT2D eigenvalue weighted by Crippen LogP contribution is 2.28. The van der Waals surface area contributed by atoms with Crippen LogP contribution in [0, 0.1) is 0 Å². The van der Waals surface area contributed by atoms with Crippen LogP contribution in [0.1, 0.15) is 23.2 Å². The van der Waals surface area contributed by atoms with Crippen LogP contribution in [0.4, 0.5) is 15.3 Å². The molecule has 0 spiro atoms. The number of anilines is 1. The van der Waals surface area contributed by atoms with Gasteiger partial charge in [0.25, 0.3) is 0 Å². The van der Waals surface area contributed by atoms with Crippen LogP contribution in [0.3, 0.4) is 0 Å². The second kappa shape index (κ2) is 12.5. The van der Waals surface area contributed by atoms with E-state index < -0.39 is 12.2 Å². The van der Waals surface area contributed by atoms with Gasteiger partial charge in [0.2, 0.25) is 0 Å². The molecule has 9 heteroatoms. The summed E-state index contributed by atoms with van der Waals surface area (Å²) in [5, 5.41) is 3.64. The van der Waals surface area contributed by atoms with Crippen molar-refractivity contribution in [1.29, 1.82) is 0 Å². The van der Waals surface area contributed by atoms with Crippen molar-refractivity contribution in [2.45, 2.75) is 18.9 Å². The van der Waals surface area contributed by atoms with E-state index in [2.05, 4.69) is 10.2 Å². The zero-order valence-corrected chi connectivity index (χ0v) is 22.2. The number of benzene rings is 3. The molecule has 5 rings (SSSR count). The molecule has 0 bridgehead atoms. The van der Waals surface area contributed by atoms with Crippen molar-refractivity contribution in [3.05, 3.63) is 84.6 Å². The van der Waals surface area contributed by atoms with Gasteiger partial charge in [-0.3, -0.25) is 19.6 Å². The number of piperidine rings is 1. The molecule has 0 unspecified atom stereocenters. The van der Waals surface area contributed by atoms with E-state index in [1.54, 1.807) is 24.4 Å². The lowest BCUT2D eigenvalue weighted by atomic mass is 10.0. The zero-order chi connectivity index (χ0) is 27.9. The first-order valence-electron chi connectivity index (χ1n) is 13.2. The van der Waals surface area contributed by atoms with Gasteiger partial charge in [0.05, 0.1) is 23.9 Å². The van der Waals surface area contributed by atoms with Crippen molar-refractivity contribution >= 4 is 35.1 Å². The molecule has 1 fully saturated rings. The van der Waals surface area contributed by atoms with Crippen LogP contribution in [-0.4, -0.2) is 67.4 Å². The van der Waals surface area contributed by atoms with E-state index in [-0.39, 0.29) is 12.7 Å². The number of aldehydes is 1. The predicted molar refractivity (Wildman–Crippen MR) is 152 cm³/mol. The third kappa shape index (κ3) is 6.16. The minimum atomic E-state index is -0.499. The lowest BCUT2D eigenvalue weighted by Crippen LogP contribution is -2.40. The minimum Gasteiger partial charge on any atom is -0.496 e. The molecule has 0 saturated carbocycles. The van der Waals surface area contributed by atoms with E-state index in [0.29, 0.717) is 41.9 Å². The number of hydrogen-bond donors (Lipinski definition) is 1. The SMILES string of the molecule is COc1cc2c(ccn2C(=O)OCCN2CCC(OC(=O)Nc3ccccc3-c3ccccc3)CC2)cc1C=O. The number of likely N-dealkylation sites (tertiary alicyclic amines) is 1. The number of para-hydroxylation sites is 1. The van der Waals surface area contributed by atoms with Crippen molar-refractivity contribution in [3.8, 4) is 16.9 Å². The number of carbonyl (C=O) groups is 3. The molecule has 3 aromatic carbocycles. The van der Waals surface area contributed by atoms with E-state index in [4.69, 9.17) is 14.2 Å². The van der Waals surface area contributed by atoms with Crippen molar-refractivity contribution in [3.63, 3.8) is 0 Å². The molecular weight excluding hydrogens is 510 g/mol. The van der Waals surface area contributed by atoms with Gasteiger partial charge in [-0.1, -0.05) is 48.5 Å². The Morgan fingerprint density at radius 1 is 1.00 bits per heavy atom. The number of amides is 1. The molecule has 1 aliphatic heterocycles. The Bertz CT molecular complexity index is 1490. The number of methoxy groups -OCH3 is 1. The number of rotatable bonds is 8. The number of carbonyl (C=O) groups excluding carboxylic acids is 3. The largest absolute Gasteiger partial charge is 0.496 e. The highest BCUT2D eigenvalue weighted by atomic mass is 16.6. The Morgan fingerprint density at radius 2 is 1.75 bits per heavy atom. The predicted octanol–water partition coefficient (Wildman–Crippen LogP) is 5.83. The Morgan fingerprint density at radius 3 is 2.50 bits per heavy atom. The smallest absolute Gasteiger partial charge is 0.418 e. The number of aromatic nitrogens is 1. The van der Waals surface area contributed by atoms with Crippen LogP contribution in [0.5, 0.6) is 5.75 Å². The monoisotopic (exact) mass is 541 g/mol. The Balaban J connectivity index is 1.07. The molecule has 1 aliphatic rings. The molecule has 4 aromatic rings. The van der Waals surface area contributed by atoms with Crippen molar-refractivity contribution in [1.82, 2.24) is 9.47 Å². The summed E-state index contributed by atoms with van der Waals surface area (Å²) in [5.41, 5.74) is 3.68. The summed E-state index contributed by atoms with van der Waals surface area (Å²) in [6, 6.07) is 22.6. The molecule has 1 saturated heterocycles. The van der Waals surface area contributed by atoms with Gasteiger partial charge in [0.1, 0.15) is 18.5 Å². The molecule has 1 N–H and O–H groups in total. The quantitative estimate of drug-likeness (QED) is 0.280. The maximum atomic E-state index is 12.7. The molecule has 0 atom stereocenters. The van der Waals surface area contributed by atoms with Crippen LogP contribution in [0.15, 0.2) is 79.0 Å². The summed E-state index contributed by atoms with van der Waals surface area (Å²) >= 11 is 0. The summed E-state index contributed by atoms with van der Waals surface area (Å²) in [6.45, 7) is 2.26. The van der Waals surface area contributed by atoms with E-state index in [0.717, 1.165) is 35.9 Å². The Hall–Kier alpha value is -4.63. The standard InChI is InChI=1S/C31H31N3O6/c1-38-29-20-28-23(19-24(29)21-35)11-16-34(28)31(37)39-18-17-33-14-12-25(13-15-33)40-30(36)32-27-10-6-5-9-26(27)22-7-3-2-4-8-22/h2-11,16,19-21,25H,12-15,17-18H2,1H3,(H,32,36). The Labute approximate surface area is 232 Å². The molecule has 0 radical (unpaired) electrons. The van der Waals surface area contributed by atoms with Crippen molar-refractivity contribution < 1.29 is 28.6 Å². The fourth-order valence-corrected chi connectivity index (χ4v) is 4.94. The topological polar surface area (TPSA) is 99.1 Å². The number of hydrogen-bond acceptors (Lipinski definition) is 7. The third-order valence-electron chi connectivity index (χ3n) is 7.06. The first-order valence-corrected chi connectivity index (χ1v) is 13.2. The fraction of sp³-hybridized carbons (Fsp3) is 0.258. The third-order valence-corrected chi connectivity index (χ3v) is 7.06. The van der Waals surface area contributed by atoms with Crippen molar-refractivity contribution in [2.75, 3.05) is 38.7 Å². The second-order valence-electron chi connectivity index (χ2n) is 9.55. The fourth-order valence-electron chi connectivity index (χ4n) is 4.94. The molecule has 1 amide bonds. The van der Waals surface area contributed by atoms with Gasteiger partial charge in [-0.15, -0.1) is 0 Å². The first kappa shape index (κ1) is 27.0. The molecule has 1 aromatic heterocycles. The number of nitrogens with zero attached hydrogens (tertiary/aromatic N) is 2. The lowest BCUT2D eigenvalue weighted by molar-refractivity contribution is 0.0508. The van der Waals surface area contributed by atoms with Gasteiger partial charge in [-0.25, -0.2) is 9.59 Å². The number of nitrogens with one attached hydrogen (secondary N) is 1. The van der Waals surface area contributed by atoms with Crippen molar-refractivity contribution in [2.24, 2.45) is 0 Å². The zero-order valence-electron chi connectivity index (χ0n) is 22.2. The molecule has 2 heterocycles. The van der Waals surface area contributed by atoms with Crippen LogP contribution < -0.4 is 10.1 Å². The summed E-state index contributed by atoms with van der Waals surface area (Å²) in [5.74, 6) is 0.398. The first-order chi connectivity index (χ1) is 19.6. The normalized spacial score (nSPS) is 14.0. The maximum Gasteiger partial charge on any atom is 0.418 e. The van der Waals surface area contributed by atoms with Gasteiger partial charge in [-0.2, -0.15) is 0 Å². The lowest BCUT2D eigenvalue weighted by Gasteiger charge is -2.31. The van der Waals surface area contributed by atoms with Crippen LogP contribution in [0.2, 0.25) is 0 Å². The average Bonchev–Trinajstić information content (AvgIpc) is 3.41. The Kier molecular flexibility index (Phi) is 8.41. The summed E-state index contributed by atoms with van der Waals surface area (Å²) in [6.07, 6.45) is 2.59. The van der Waals surface area contributed by atoms with Gasteiger partial charge < -0.3 is 14.2 Å². The minimum absolute atomic E-state index is 0.180. The molecule has 40 heavy (non-hydrogen) atoms. The van der Waals surface area contributed by atoms with Gasteiger partial charge in [0, 0.05) is 42.8 Å². The highest BCUT2D eigenvalue weighted by Gasteiger charge is 2.23. The molecule has 206 valence electrons. The van der Waals surface area contributed by atoms with Gasteiger partial charge in [-0.05, 0) is 36.6 Å². The summed E-state index contributed by atoms with van der Waals surface area (Å²) < 4.78 is 17.9. The molecule has 0 aliphatic carbocycles. The highest BCUT2D eigenvalue weighted by molar-refractivity contribution is 5.95. The number of fused-ring (bicyclic) bond motifs is 1. The van der Waals surface area contributed by atoms with Crippen LogP contribution in [0.25, 0.3) is 22.0 Å². The van der Waals surface area contributed by atoms with Gasteiger partial charge in [0.15, 0.2) is 6.29 Å². The summed E-state index contributed by atoms with van der Waals surface area (Å²) in [7, 11) is 1.48. The van der Waals surface area contributed by atoms with Crippen LogP contribution >= 0.6 is 0 Å². The molecule has 9 nitrogen and oxygen atoms in total. The van der Waals surface area contributed by atoms with E-state index in [1.165, 1.54) is 11.7 Å². The molecular formula is C31H31N3O6. The number of ether oxygens (including phenoxy) is 3. The van der Waals surface area contributed by atoms with E-state index in [1.807, 2.05) is 54.6 Å². The van der Waals surface area contributed by atoms with Crippen LogP contribution in [-0.2, 0) is 9.47 Å². The maximum absolute atomic E-state index is 12.7. The second-order valence-corrected chi connectivity index (χ2v) is 9.55. The van der Waals surface area contributed by atoms with E-state index in [9.17, 15) is 14.4 Å². The average molecular weight is 542 g/mol. The van der Waals surface area contributed by atoms with Gasteiger partial charge >= 0.3 is 12.2 Å². The van der Waals surface area contributed by atoms with E-state index >= 15 is 0 Å².